The third kappa shape index (κ3) is 4.93. The summed E-state index contributed by atoms with van der Waals surface area (Å²) in [6.07, 6.45) is 6.33. The number of rotatable bonds is 6. The van der Waals surface area contributed by atoms with Crippen molar-refractivity contribution >= 4 is 6.09 Å². The lowest BCUT2D eigenvalue weighted by Crippen LogP contribution is -2.45. The van der Waals surface area contributed by atoms with Crippen molar-refractivity contribution in [3.05, 3.63) is 29.6 Å². The van der Waals surface area contributed by atoms with Crippen molar-refractivity contribution < 1.29 is 9.90 Å². The largest absolute Gasteiger partial charge is 0.465 e. The Bertz CT molecular complexity index is 525. The van der Waals surface area contributed by atoms with Gasteiger partial charge in [0, 0.05) is 24.3 Å². The predicted octanol–water partition coefficient (Wildman–Crippen LogP) is 3.61. The quantitative estimate of drug-likeness (QED) is 0.786. The van der Waals surface area contributed by atoms with Crippen molar-refractivity contribution in [1.82, 2.24) is 15.2 Å². The van der Waals surface area contributed by atoms with E-state index in [1.807, 2.05) is 33.0 Å². The van der Waals surface area contributed by atoms with Crippen molar-refractivity contribution in [3.8, 4) is 0 Å². The predicted molar refractivity (Wildman–Crippen MR) is 91.6 cm³/mol. The van der Waals surface area contributed by atoms with Crippen LogP contribution in [0.4, 0.5) is 4.79 Å². The highest BCUT2D eigenvalue weighted by Crippen LogP contribution is 2.27. The zero-order chi connectivity index (χ0) is 16.9. The normalized spacial score (nSPS) is 17.6. The molecule has 1 aromatic heterocycles. The van der Waals surface area contributed by atoms with Gasteiger partial charge >= 0.3 is 6.09 Å². The van der Waals surface area contributed by atoms with Gasteiger partial charge in [-0.15, -0.1) is 0 Å². The number of hydrogen-bond acceptors (Lipinski definition) is 3. The van der Waals surface area contributed by atoms with E-state index >= 15 is 0 Å². The van der Waals surface area contributed by atoms with Gasteiger partial charge in [0.15, 0.2) is 0 Å². The van der Waals surface area contributed by atoms with Crippen molar-refractivity contribution in [2.75, 3.05) is 13.1 Å². The van der Waals surface area contributed by atoms with Gasteiger partial charge in [-0.2, -0.15) is 0 Å². The monoisotopic (exact) mass is 319 g/mol. The number of aromatic nitrogens is 1. The molecule has 1 heterocycles. The fourth-order valence-corrected chi connectivity index (χ4v) is 3.20. The molecule has 1 aliphatic rings. The number of hydrogen-bond donors (Lipinski definition) is 2. The average Bonchev–Trinajstić information content (AvgIpc) is 2.49. The second-order valence-corrected chi connectivity index (χ2v) is 7.26. The molecular weight excluding hydrogens is 290 g/mol. The summed E-state index contributed by atoms with van der Waals surface area (Å²) in [5, 5.41) is 12.9. The maximum Gasteiger partial charge on any atom is 0.407 e. The van der Waals surface area contributed by atoms with Gasteiger partial charge in [-0.25, -0.2) is 4.79 Å². The molecule has 1 amide bonds. The molecule has 5 nitrogen and oxygen atoms in total. The summed E-state index contributed by atoms with van der Waals surface area (Å²) in [6.45, 7) is 7.29. The first-order valence-corrected chi connectivity index (χ1v) is 8.57. The van der Waals surface area contributed by atoms with Gasteiger partial charge in [0.2, 0.25) is 0 Å². The molecule has 0 spiro atoms. The van der Waals surface area contributed by atoms with Crippen molar-refractivity contribution in [2.24, 2.45) is 0 Å². The molecule has 1 aromatic rings. The molecule has 128 valence electrons. The van der Waals surface area contributed by atoms with E-state index in [9.17, 15) is 9.90 Å². The molecule has 23 heavy (non-hydrogen) atoms. The number of carbonyl (C=O) groups is 1. The smallest absolute Gasteiger partial charge is 0.407 e. The third-order valence-corrected chi connectivity index (χ3v) is 4.43. The van der Waals surface area contributed by atoms with Gasteiger partial charge in [0.25, 0.3) is 0 Å². The minimum absolute atomic E-state index is 0.342. The molecule has 0 aliphatic heterocycles. The van der Waals surface area contributed by atoms with Crippen LogP contribution in [0.1, 0.15) is 63.8 Å². The molecular formula is C18H29N3O2. The van der Waals surface area contributed by atoms with E-state index in [0.29, 0.717) is 12.6 Å². The molecule has 2 N–H and O–H groups in total. The van der Waals surface area contributed by atoms with E-state index in [2.05, 4.69) is 16.4 Å². The van der Waals surface area contributed by atoms with E-state index in [0.717, 1.165) is 32.2 Å². The number of aryl methyl sites for hydroxylation is 1. The second-order valence-electron chi connectivity index (χ2n) is 7.26. The Hall–Kier alpha value is -1.62. The van der Waals surface area contributed by atoms with Crippen LogP contribution in [0.5, 0.6) is 0 Å². The maximum atomic E-state index is 11.3. The number of fused-ring (bicyclic) bond motifs is 1. The van der Waals surface area contributed by atoms with Gasteiger partial charge in [-0.1, -0.05) is 6.07 Å². The zero-order valence-corrected chi connectivity index (χ0v) is 14.5. The molecule has 2 rings (SSSR count). The number of amides is 1. The first kappa shape index (κ1) is 17.7. The molecule has 5 heteroatoms. The standard InChI is InChI=1S/C18H29N3O2/c1-18(2,3)21(17(22)23)13-5-4-11-19-15-10-6-8-14-9-7-12-20-16(14)15/h7,9,12,15,19H,4-6,8,10-11,13H2,1-3H3,(H,22,23). The molecule has 0 saturated heterocycles. The lowest BCUT2D eigenvalue weighted by atomic mass is 9.92. The van der Waals surface area contributed by atoms with E-state index < -0.39 is 6.09 Å². The summed E-state index contributed by atoms with van der Waals surface area (Å²) in [4.78, 5) is 17.3. The highest BCUT2D eigenvalue weighted by Gasteiger charge is 2.25. The van der Waals surface area contributed by atoms with Crippen LogP contribution < -0.4 is 5.32 Å². The van der Waals surface area contributed by atoms with Crippen molar-refractivity contribution in [2.45, 2.75) is 64.5 Å². The molecule has 0 fully saturated rings. The Labute approximate surface area is 139 Å². The summed E-state index contributed by atoms with van der Waals surface area (Å²) in [6, 6.07) is 4.52. The SMILES string of the molecule is CC(C)(C)N(CCCCNC1CCCc2cccnc21)C(=O)O. The van der Waals surface area contributed by atoms with E-state index in [1.165, 1.54) is 22.6 Å². The number of nitrogens with zero attached hydrogens (tertiary/aromatic N) is 2. The second kappa shape index (κ2) is 7.77. The van der Waals surface area contributed by atoms with Crippen LogP contribution >= 0.6 is 0 Å². The lowest BCUT2D eigenvalue weighted by Gasteiger charge is -2.33. The Morgan fingerprint density at radius 3 is 2.91 bits per heavy atom. The van der Waals surface area contributed by atoms with Gasteiger partial charge in [0.1, 0.15) is 0 Å². The minimum atomic E-state index is -0.837. The van der Waals surface area contributed by atoms with E-state index in [4.69, 9.17) is 0 Å². The summed E-state index contributed by atoms with van der Waals surface area (Å²) in [5.74, 6) is 0. The number of carboxylic acid groups (broad SMARTS) is 1. The first-order chi connectivity index (χ1) is 10.9. The first-order valence-electron chi connectivity index (χ1n) is 8.57. The Morgan fingerprint density at radius 2 is 2.22 bits per heavy atom. The maximum absolute atomic E-state index is 11.3. The summed E-state index contributed by atoms with van der Waals surface area (Å²) in [7, 11) is 0. The summed E-state index contributed by atoms with van der Waals surface area (Å²) >= 11 is 0. The molecule has 1 unspecified atom stereocenters. The van der Waals surface area contributed by atoms with Gasteiger partial charge in [-0.05, 0) is 71.0 Å². The Morgan fingerprint density at radius 1 is 1.43 bits per heavy atom. The third-order valence-electron chi connectivity index (χ3n) is 4.43. The van der Waals surface area contributed by atoms with Crippen LogP contribution in [0.25, 0.3) is 0 Å². The number of unbranched alkanes of at least 4 members (excludes halogenated alkanes) is 1. The minimum Gasteiger partial charge on any atom is -0.465 e. The summed E-state index contributed by atoms with van der Waals surface area (Å²) < 4.78 is 0. The molecule has 1 atom stereocenters. The number of pyridine rings is 1. The van der Waals surface area contributed by atoms with Crippen LogP contribution in [0.15, 0.2) is 18.3 Å². The number of nitrogens with one attached hydrogen (secondary N) is 1. The molecule has 0 saturated carbocycles. The zero-order valence-electron chi connectivity index (χ0n) is 14.5. The Balaban J connectivity index is 1.75. The summed E-state index contributed by atoms with van der Waals surface area (Å²) in [5.41, 5.74) is 2.22. The van der Waals surface area contributed by atoms with Crippen LogP contribution in [-0.2, 0) is 6.42 Å². The van der Waals surface area contributed by atoms with Crippen LogP contribution in [-0.4, -0.2) is 39.7 Å². The van der Waals surface area contributed by atoms with E-state index in [1.54, 1.807) is 0 Å². The van der Waals surface area contributed by atoms with Crippen molar-refractivity contribution in [3.63, 3.8) is 0 Å². The molecule has 0 radical (unpaired) electrons. The van der Waals surface area contributed by atoms with Gasteiger partial charge in [-0.3, -0.25) is 4.98 Å². The van der Waals surface area contributed by atoms with Crippen LogP contribution in [0.3, 0.4) is 0 Å². The molecule has 0 bridgehead atoms. The topological polar surface area (TPSA) is 65.5 Å². The lowest BCUT2D eigenvalue weighted by molar-refractivity contribution is 0.0990. The van der Waals surface area contributed by atoms with Crippen molar-refractivity contribution in [1.29, 1.82) is 0 Å². The Kier molecular flexibility index (Phi) is 5.99. The molecule has 0 aromatic carbocycles. The average molecular weight is 319 g/mol. The fraction of sp³-hybridized carbons (Fsp3) is 0.667. The molecule has 1 aliphatic carbocycles. The van der Waals surface area contributed by atoms with E-state index in [-0.39, 0.29) is 5.54 Å². The van der Waals surface area contributed by atoms with Gasteiger partial charge in [0.05, 0.1) is 5.69 Å². The highest BCUT2D eigenvalue weighted by atomic mass is 16.4. The van der Waals surface area contributed by atoms with Gasteiger partial charge < -0.3 is 15.3 Å². The van der Waals surface area contributed by atoms with Crippen LogP contribution in [0.2, 0.25) is 0 Å². The highest BCUT2D eigenvalue weighted by molar-refractivity contribution is 5.65. The fourth-order valence-electron chi connectivity index (χ4n) is 3.20. The van der Waals surface area contributed by atoms with Crippen LogP contribution in [0, 0.1) is 0 Å².